The minimum absolute atomic E-state index is 0.135. The lowest BCUT2D eigenvalue weighted by atomic mass is 10.1. The van der Waals surface area contributed by atoms with Gasteiger partial charge in [0.25, 0.3) is 5.91 Å². The van der Waals surface area contributed by atoms with Gasteiger partial charge in [-0.3, -0.25) is 9.59 Å². The first-order chi connectivity index (χ1) is 8.60. The molecule has 0 atom stereocenters. The number of carbonyl (C=O) groups excluding carboxylic acids is 2. The molecule has 1 amide bonds. The van der Waals surface area contributed by atoms with Crippen molar-refractivity contribution in [2.75, 3.05) is 25.5 Å². The summed E-state index contributed by atoms with van der Waals surface area (Å²) in [7, 11) is 1.71. The Labute approximate surface area is 105 Å². The summed E-state index contributed by atoms with van der Waals surface area (Å²) in [5.41, 5.74) is 1.12. The van der Waals surface area contributed by atoms with Gasteiger partial charge in [0.2, 0.25) is 5.95 Å². The number of anilines is 1. The summed E-state index contributed by atoms with van der Waals surface area (Å²) in [6.45, 7) is 2.78. The van der Waals surface area contributed by atoms with E-state index >= 15 is 0 Å². The summed E-state index contributed by atoms with van der Waals surface area (Å²) >= 11 is 0. The Morgan fingerprint density at radius 1 is 1.33 bits per heavy atom. The second-order valence-corrected chi connectivity index (χ2v) is 4.30. The van der Waals surface area contributed by atoms with Crippen LogP contribution < -0.4 is 5.32 Å². The zero-order valence-corrected chi connectivity index (χ0v) is 10.6. The first kappa shape index (κ1) is 12.5. The molecule has 1 aliphatic heterocycles. The van der Waals surface area contributed by atoms with Crippen LogP contribution >= 0.6 is 0 Å². The number of aromatic nitrogens is 2. The van der Waals surface area contributed by atoms with Gasteiger partial charge in [-0.15, -0.1) is 0 Å². The van der Waals surface area contributed by atoms with Gasteiger partial charge in [-0.25, -0.2) is 9.97 Å². The Morgan fingerprint density at radius 3 is 2.61 bits per heavy atom. The maximum absolute atomic E-state index is 12.2. The van der Waals surface area contributed by atoms with E-state index in [2.05, 4.69) is 15.3 Å². The molecule has 0 spiro atoms. The number of rotatable bonds is 2. The minimum Gasteiger partial charge on any atom is -0.357 e. The Hall–Kier alpha value is -1.98. The van der Waals surface area contributed by atoms with Gasteiger partial charge in [-0.2, -0.15) is 0 Å². The second-order valence-electron chi connectivity index (χ2n) is 4.30. The average molecular weight is 248 g/mol. The summed E-state index contributed by atoms with van der Waals surface area (Å²) in [6, 6.07) is 1.67. The topological polar surface area (TPSA) is 75.2 Å². The molecule has 0 saturated carbocycles. The van der Waals surface area contributed by atoms with Crippen LogP contribution in [-0.2, 0) is 4.79 Å². The smallest absolute Gasteiger partial charge is 0.272 e. The molecule has 18 heavy (non-hydrogen) atoms. The van der Waals surface area contributed by atoms with Gasteiger partial charge in [0, 0.05) is 38.7 Å². The number of Topliss-reactive ketones (excluding diaryl/α,β-unsaturated/α-hetero) is 1. The molecule has 0 radical (unpaired) electrons. The Bertz CT molecular complexity index is 477. The quantitative estimate of drug-likeness (QED) is 0.831. The van der Waals surface area contributed by atoms with E-state index < -0.39 is 0 Å². The van der Waals surface area contributed by atoms with Crippen molar-refractivity contribution in [2.24, 2.45) is 0 Å². The van der Waals surface area contributed by atoms with Crippen molar-refractivity contribution in [3.8, 4) is 0 Å². The van der Waals surface area contributed by atoms with Crippen molar-refractivity contribution in [3.05, 3.63) is 17.5 Å². The van der Waals surface area contributed by atoms with Gasteiger partial charge < -0.3 is 10.2 Å². The van der Waals surface area contributed by atoms with Crippen LogP contribution in [0.4, 0.5) is 5.95 Å². The fourth-order valence-electron chi connectivity index (χ4n) is 1.91. The van der Waals surface area contributed by atoms with Crippen LogP contribution in [-0.4, -0.2) is 46.7 Å². The van der Waals surface area contributed by atoms with Crippen molar-refractivity contribution >= 4 is 17.6 Å². The predicted octanol–water partition coefficient (Wildman–Crippen LogP) is 0.632. The van der Waals surface area contributed by atoms with E-state index in [4.69, 9.17) is 0 Å². The second kappa shape index (κ2) is 5.12. The molecular weight excluding hydrogens is 232 g/mol. The largest absolute Gasteiger partial charge is 0.357 e. The first-order valence-corrected chi connectivity index (χ1v) is 5.94. The van der Waals surface area contributed by atoms with E-state index in [0.29, 0.717) is 37.6 Å². The molecule has 0 bridgehead atoms. The highest BCUT2D eigenvalue weighted by molar-refractivity contribution is 5.94. The minimum atomic E-state index is -0.135. The molecule has 1 N–H and O–H groups in total. The highest BCUT2D eigenvalue weighted by atomic mass is 16.2. The molecule has 1 fully saturated rings. The summed E-state index contributed by atoms with van der Waals surface area (Å²) in [6.07, 6.45) is 0.878. The molecule has 0 aliphatic carbocycles. The van der Waals surface area contributed by atoms with E-state index in [1.807, 2.05) is 6.92 Å². The van der Waals surface area contributed by atoms with Gasteiger partial charge in [0.1, 0.15) is 11.5 Å². The third-order valence-electron chi connectivity index (χ3n) is 2.91. The third-order valence-corrected chi connectivity index (χ3v) is 2.91. The van der Waals surface area contributed by atoms with Gasteiger partial charge in [-0.05, 0) is 13.0 Å². The van der Waals surface area contributed by atoms with Crippen LogP contribution in [0, 0.1) is 6.92 Å². The maximum Gasteiger partial charge on any atom is 0.272 e. The van der Waals surface area contributed by atoms with E-state index in [1.165, 1.54) is 0 Å². The highest BCUT2D eigenvalue weighted by Gasteiger charge is 2.23. The number of likely N-dealkylation sites (tertiary alicyclic amines) is 1. The lowest BCUT2D eigenvalue weighted by Crippen LogP contribution is -2.39. The molecule has 1 aliphatic rings. The molecule has 2 rings (SSSR count). The Balaban J connectivity index is 2.18. The summed E-state index contributed by atoms with van der Waals surface area (Å²) in [5, 5.41) is 2.83. The average Bonchev–Trinajstić information content (AvgIpc) is 2.38. The number of nitrogens with zero attached hydrogens (tertiary/aromatic N) is 3. The van der Waals surface area contributed by atoms with Crippen molar-refractivity contribution in [1.82, 2.24) is 14.9 Å². The number of carbonyl (C=O) groups is 2. The number of amides is 1. The van der Waals surface area contributed by atoms with Crippen LogP contribution in [0.2, 0.25) is 0 Å². The number of ketones is 1. The third kappa shape index (κ3) is 2.64. The van der Waals surface area contributed by atoms with Crippen LogP contribution in [0.25, 0.3) is 0 Å². The molecule has 1 aromatic rings. The fraction of sp³-hybridized carbons (Fsp3) is 0.500. The first-order valence-electron chi connectivity index (χ1n) is 5.94. The molecule has 6 heteroatoms. The molecule has 6 nitrogen and oxygen atoms in total. The monoisotopic (exact) mass is 248 g/mol. The van der Waals surface area contributed by atoms with E-state index in [1.54, 1.807) is 18.0 Å². The molecule has 0 aromatic carbocycles. The zero-order valence-electron chi connectivity index (χ0n) is 10.6. The van der Waals surface area contributed by atoms with Gasteiger partial charge in [-0.1, -0.05) is 0 Å². The van der Waals surface area contributed by atoms with Crippen LogP contribution in [0.3, 0.4) is 0 Å². The molecule has 1 aromatic heterocycles. The summed E-state index contributed by atoms with van der Waals surface area (Å²) < 4.78 is 0. The SMILES string of the molecule is CNc1nc(C)cc(C(=O)N2CCC(=O)CC2)n1. The van der Waals surface area contributed by atoms with Gasteiger partial charge in [0.05, 0.1) is 0 Å². The van der Waals surface area contributed by atoms with Crippen molar-refractivity contribution in [2.45, 2.75) is 19.8 Å². The van der Waals surface area contributed by atoms with E-state index in [-0.39, 0.29) is 11.7 Å². The van der Waals surface area contributed by atoms with Crippen molar-refractivity contribution in [3.63, 3.8) is 0 Å². The number of aryl methyl sites for hydroxylation is 1. The number of hydrogen-bond acceptors (Lipinski definition) is 5. The zero-order chi connectivity index (χ0) is 13.1. The lowest BCUT2D eigenvalue weighted by Gasteiger charge is -2.25. The standard InChI is InChI=1S/C12H16N4O2/c1-8-7-10(15-12(13-2)14-8)11(18)16-5-3-9(17)4-6-16/h7H,3-6H2,1-2H3,(H,13,14,15). The Morgan fingerprint density at radius 2 is 2.00 bits per heavy atom. The predicted molar refractivity (Wildman–Crippen MR) is 66.5 cm³/mol. The number of piperidine rings is 1. The van der Waals surface area contributed by atoms with Crippen LogP contribution in [0.5, 0.6) is 0 Å². The van der Waals surface area contributed by atoms with Crippen molar-refractivity contribution < 1.29 is 9.59 Å². The molecule has 1 saturated heterocycles. The van der Waals surface area contributed by atoms with Gasteiger partial charge >= 0.3 is 0 Å². The number of hydrogen-bond donors (Lipinski definition) is 1. The van der Waals surface area contributed by atoms with Crippen molar-refractivity contribution in [1.29, 1.82) is 0 Å². The van der Waals surface area contributed by atoms with E-state index in [9.17, 15) is 9.59 Å². The molecule has 0 unspecified atom stereocenters. The molecule has 96 valence electrons. The fourth-order valence-corrected chi connectivity index (χ4v) is 1.91. The Kier molecular flexibility index (Phi) is 3.55. The van der Waals surface area contributed by atoms with Crippen LogP contribution in [0.1, 0.15) is 29.0 Å². The number of nitrogens with one attached hydrogen (secondary N) is 1. The maximum atomic E-state index is 12.2. The van der Waals surface area contributed by atoms with Gasteiger partial charge in [0.15, 0.2) is 0 Å². The highest BCUT2D eigenvalue weighted by Crippen LogP contribution is 2.12. The molecular formula is C12H16N4O2. The molecule has 2 heterocycles. The van der Waals surface area contributed by atoms with E-state index in [0.717, 1.165) is 5.69 Å². The normalized spacial score (nSPS) is 15.7. The lowest BCUT2D eigenvalue weighted by molar-refractivity contribution is -0.120. The summed E-state index contributed by atoms with van der Waals surface area (Å²) in [4.78, 5) is 33.3. The summed E-state index contributed by atoms with van der Waals surface area (Å²) in [5.74, 6) is 0.518. The van der Waals surface area contributed by atoms with Crippen LogP contribution in [0.15, 0.2) is 6.07 Å².